The number of allylic oxidation sites excluding steroid dienone is 4. The molecule has 0 bridgehead atoms. The third kappa shape index (κ3) is 2.15. The molecule has 1 aromatic rings. The van der Waals surface area contributed by atoms with E-state index in [4.69, 9.17) is 15.2 Å². The molecule has 0 aromatic heterocycles. The molecule has 3 aliphatic rings. The molecule has 142 valence electrons. The minimum atomic E-state index is -1.45. The number of carbonyl (C=O) groups excluding carboxylic acids is 1. The first kappa shape index (κ1) is 17.8. The van der Waals surface area contributed by atoms with Gasteiger partial charge < -0.3 is 25.2 Å². The van der Waals surface area contributed by atoms with E-state index >= 15 is 0 Å². The van der Waals surface area contributed by atoms with E-state index in [1.54, 1.807) is 19.1 Å². The number of ketones is 1. The van der Waals surface area contributed by atoms with E-state index in [1.165, 1.54) is 19.3 Å². The first-order chi connectivity index (χ1) is 12.8. The lowest BCUT2D eigenvalue weighted by Gasteiger charge is -2.40. The number of nitrogens with zero attached hydrogens (tertiary/aromatic N) is 2. The lowest BCUT2D eigenvalue weighted by molar-refractivity contribution is -0.188. The minimum absolute atomic E-state index is 0.0824. The Labute approximate surface area is 157 Å². The number of fused-ring (bicyclic) bond motifs is 1. The fourth-order valence-corrected chi connectivity index (χ4v) is 4.75. The van der Waals surface area contributed by atoms with Gasteiger partial charge in [-0.25, -0.2) is 4.99 Å². The van der Waals surface area contributed by atoms with Crippen molar-refractivity contribution in [3.05, 3.63) is 54.1 Å². The molecule has 7 heteroatoms. The van der Waals surface area contributed by atoms with Crippen LogP contribution in [0.2, 0.25) is 0 Å². The van der Waals surface area contributed by atoms with E-state index in [2.05, 4.69) is 4.99 Å². The van der Waals surface area contributed by atoms with Gasteiger partial charge in [-0.2, -0.15) is 0 Å². The van der Waals surface area contributed by atoms with Crippen LogP contribution in [0.1, 0.15) is 17.9 Å². The standard InChI is InChI=1S/C20H23N3O4/c1-23-17(21)22-20(27-3)16(13-4-6-15(26-2)7-5-13)18(12-19(20,23)25)10-8-14(24)9-11-18/h4-11,16,25H,12H2,1-3H3,(H2,21,22)/t16-,19?,20?/m1/s1. The monoisotopic (exact) mass is 369 g/mol. The molecular formula is C20H23N3O4. The van der Waals surface area contributed by atoms with Crippen LogP contribution in [-0.4, -0.2) is 54.5 Å². The van der Waals surface area contributed by atoms with Gasteiger partial charge in [0.2, 0.25) is 5.72 Å². The quantitative estimate of drug-likeness (QED) is 0.830. The molecule has 0 amide bonds. The third-order valence-corrected chi connectivity index (χ3v) is 6.11. The Morgan fingerprint density at radius 3 is 2.41 bits per heavy atom. The molecule has 1 aliphatic heterocycles. The lowest BCUT2D eigenvalue weighted by Crippen LogP contribution is -2.58. The van der Waals surface area contributed by atoms with Gasteiger partial charge in [-0.3, -0.25) is 4.79 Å². The van der Waals surface area contributed by atoms with Crippen LogP contribution in [0.4, 0.5) is 0 Å². The van der Waals surface area contributed by atoms with Gasteiger partial charge in [0.15, 0.2) is 17.5 Å². The summed E-state index contributed by atoms with van der Waals surface area (Å²) in [6.07, 6.45) is 7.06. The maximum atomic E-state index is 11.8. The second kappa shape index (κ2) is 5.68. The molecule has 0 radical (unpaired) electrons. The Hall–Kier alpha value is -2.64. The molecule has 2 unspecified atom stereocenters. The summed E-state index contributed by atoms with van der Waals surface area (Å²) in [6.45, 7) is 0. The minimum Gasteiger partial charge on any atom is -0.497 e. The first-order valence-electron chi connectivity index (χ1n) is 8.75. The van der Waals surface area contributed by atoms with E-state index < -0.39 is 22.8 Å². The van der Waals surface area contributed by atoms with Crippen LogP contribution in [0.15, 0.2) is 53.6 Å². The molecule has 2 aliphatic carbocycles. The number of rotatable bonds is 3. The number of hydrogen-bond acceptors (Lipinski definition) is 7. The molecule has 1 aromatic carbocycles. The highest BCUT2D eigenvalue weighted by Gasteiger charge is 2.74. The molecule has 3 N–H and O–H groups in total. The zero-order chi connectivity index (χ0) is 19.4. The van der Waals surface area contributed by atoms with Crippen LogP contribution in [0.5, 0.6) is 5.75 Å². The number of guanidine groups is 1. The number of likely N-dealkylation sites (N-methyl/N-ethyl adjacent to an activating group) is 1. The first-order valence-corrected chi connectivity index (χ1v) is 8.75. The lowest BCUT2D eigenvalue weighted by atomic mass is 9.70. The number of aliphatic hydroxyl groups is 1. The fraction of sp³-hybridized carbons (Fsp3) is 0.400. The summed E-state index contributed by atoms with van der Waals surface area (Å²) >= 11 is 0. The van der Waals surface area contributed by atoms with E-state index in [0.717, 1.165) is 11.3 Å². The molecule has 7 nitrogen and oxygen atoms in total. The Kier molecular flexibility index (Phi) is 3.73. The summed E-state index contributed by atoms with van der Waals surface area (Å²) in [6, 6.07) is 7.58. The molecule has 4 rings (SSSR count). The van der Waals surface area contributed by atoms with Gasteiger partial charge >= 0.3 is 0 Å². The Balaban J connectivity index is 1.95. The maximum absolute atomic E-state index is 11.8. The van der Waals surface area contributed by atoms with E-state index in [0.29, 0.717) is 0 Å². The van der Waals surface area contributed by atoms with Crippen molar-refractivity contribution >= 4 is 11.7 Å². The van der Waals surface area contributed by atoms with Gasteiger partial charge in [0.1, 0.15) is 5.75 Å². The summed E-state index contributed by atoms with van der Waals surface area (Å²) in [5.74, 6) is 0.465. The number of carbonyl (C=O) groups is 1. The number of ether oxygens (including phenoxy) is 2. The SMILES string of the molecule is COc1ccc([C@@H]2C3(C=CC(=O)C=C3)CC3(O)N(C)C(N)=NC23OC)cc1. The zero-order valence-electron chi connectivity index (χ0n) is 15.5. The molecule has 1 heterocycles. The van der Waals surface area contributed by atoms with Gasteiger partial charge in [0.25, 0.3) is 0 Å². The van der Waals surface area contributed by atoms with Crippen LogP contribution in [0.25, 0.3) is 0 Å². The van der Waals surface area contributed by atoms with Crippen LogP contribution >= 0.6 is 0 Å². The third-order valence-electron chi connectivity index (χ3n) is 6.11. The molecular weight excluding hydrogens is 346 g/mol. The highest BCUT2D eigenvalue weighted by atomic mass is 16.5. The van der Waals surface area contributed by atoms with Gasteiger partial charge in [-0.1, -0.05) is 24.3 Å². The number of nitrogens with two attached hydrogens (primary N) is 1. The van der Waals surface area contributed by atoms with Crippen molar-refractivity contribution in [3.8, 4) is 5.75 Å². The van der Waals surface area contributed by atoms with Gasteiger partial charge in [0, 0.05) is 26.0 Å². The second-order valence-electron chi connectivity index (χ2n) is 7.31. The summed E-state index contributed by atoms with van der Waals surface area (Å²) in [4.78, 5) is 17.9. The van der Waals surface area contributed by atoms with Crippen LogP contribution in [-0.2, 0) is 9.53 Å². The molecule has 1 fully saturated rings. The van der Waals surface area contributed by atoms with E-state index in [1.807, 2.05) is 36.4 Å². The fourth-order valence-electron chi connectivity index (χ4n) is 4.75. The largest absolute Gasteiger partial charge is 0.497 e. The topological polar surface area (TPSA) is 97.4 Å². The van der Waals surface area contributed by atoms with Crippen molar-refractivity contribution in [2.24, 2.45) is 16.1 Å². The van der Waals surface area contributed by atoms with Crippen molar-refractivity contribution in [3.63, 3.8) is 0 Å². The van der Waals surface area contributed by atoms with Crippen molar-refractivity contribution < 1.29 is 19.4 Å². The molecule has 27 heavy (non-hydrogen) atoms. The average Bonchev–Trinajstić information content (AvgIpc) is 3.00. The van der Waals surface area contributed by atoms with Crippen LogP contribution < -0.4 is 10.5 Å². The second-order valence-corrected chi connectivity index (χ2v) is 7.31. The summed E-state index contributed by atoms with van der Waals surface area (Å²) < 4.78 is 11.2. The van der Waals surface area contributed by atoms with E-state index in [-0.39, 0.29) is 18.2 Å². The van der Waals surface area contributed by atoms with Crippen molar-refractivity contribution in [2.45, 2.75) is 23.8 Å². The number of aliphatic imine (C=N–C) groups is 1. The molecule has 3 atom stereocenters. The summed E-state index contributed by atoms with van der Waals surface area (Å²) in [5, 5.41) is 11.7. The number of benzene rings is 1. The smallest absolute Gasteiger partial charge is 0.218 e. The average molecular weight is 369 g/mol. The number of hydrogen-bond donors (Lipinski definition) is 2. The zero-order valence-corrected chi connectivity index (χ0v) is 15.5. The molecule has 0 saturated heterocycles. The predicted octanol–water partition coefficient (Wildman–Crippen LogP) is 1.16. The highest BCUT2D eigenvalue weighted by molar-refractivity contribution is 6.00. The normalized spacial score (nSPS) is 33.5. The van der Waals surface area contributed by atoms with Gasteiger partial charge in [-0.15, -0.1) is 0 Å². The van der Waals surface area contributed by atoms with E-state index in [9.17, 15) is 9.90 Å². The van der Waals surface area contributed by atoms with Crippen molar-refractivity contribution in [1.29, 1.82) is 0 Å². The molecule has 1 spiro atoms. The van der Waals surface area contributed by atoms with Crippen molar-refractivity contribution in [2.75, 3.05) is 21.3 Å². The van der Waals surface area contributed by atoms with Crippen molar-refractivity contribution in [1.82, 2.24) is 4.90 Å². The highest BCUT2D eigenvalue weighted by Crippen LogP contribution is 2.65. The van der Waals surface area contributed by atoms with Gasteiger partial charge in [-0.05, 0) is 29.8 Å². The van der Waals surface area contributed by atoms with Crippen LogP contribution in [0, 0.1) is 5.41 Å². The predicted molar refractivity (Wildman–Crippen MR) is 100 cm³/mol. The summed E-state index contributed by atoms with van der Waals surface area (Å²) in [5.41, 5.74) is 3.56. The number of methoxy groups -OCH3 is 2. The summed E-state index contributed by atoms with van der Waals surface area (Å²) in [7, 11) is 4.83. The van der Waals surface area contributed by atoms with Crippen LogP contribution in [0.3, 0.4) is 0 Å². The maximum Gasteiger partial charge on any atom is 0.218 e. The van der Waals surface area contributed by atoms with Gasteiger partial charge in [0.05, 0.1) is 13.0 Å². The Bertz CT molecular complexity index is 860. The molecule has 1 saturated carbocycles. The Morgan fingerprint density at radius 2 is 1.85 bits per heavy atom. The Morgan fingerprint density at radius 1 is 1.22 bits per heavy atom.